The van der Waals surface area contributed by atoms with Crippen LogP contribution in [0.3, 0.4) is 0 Å². The molecule has 0 radical (unpaired) electrons. The van der Waals surface area contributed by atoms with E-state index < -0.39 is 10.1 Å². The van der Waals surface area contributed by atoms with E-state index in [1.165, 1.54) is 0 Å². The van der Waals surface area contributed by atoms with Crippen LogP contribution in [0.2, 0.25) is 0 Å². The van der Waals surface area contributed by atoms with Gasteiger partial charge in [-0.25, -0.2) is 0 Å². The molecule has 0 spiro atoms. The molecule has 0 amide bonds. The summed E-state index contributed by atoms with van der Waals surface area (Å²) in [6.45, 7) is 1.90. The molecule has 0 bridgehead atoms. The number of aliphatic hydroxyl groups is 2. The Kier molecular flexibility index (Phi) is 11.7. The van der Waals surface area contributed by atoms with Gasteiger partial charge in [-0.2, -0.15) is 13.5 Å². The summed E-state index contributed by atoms with van der Waals surface area (Å²) >= 11 is 0. The Morgan fingerprint density at radius 2 is 1.53 bits per heavy atom. The van der Waals surface area contributed by atoms with E-state index in [9.17, 15) is 8.42 Å². The molecule has 0 aliphatic carbocycles. The molecule has 0 saturated carbocycles. The number of hydrogen-bond donors (Lipinski definition) is 4. The first-order valence-corrected chi connectivity index (χ1v) is 6.09. The summed E-state index contributed by atoms with van der Waals surface area (Å²) in [5.74, 6) is -0.132. The minimum atomic E-state index is -3.67. The van der Waals surface area contributed by atoms with Gasteiger partial charge in [0.15, 0.2) is 0 Å². The highest BCUT2D eigenvalue weighted by molar-refractivity contribution is 7.85. The van der Waals surface area contributed by atoms with Crippen molar-refractivity contribution >= 4 is 10.1 Å². The molecule has 94 valence electrons. The molecule has 0 heterocycles. The topological polar surface area (TPSA) is 118 Å². The fourth-order valence-electron chi connectivity index (χ4n) is 0.601. The largest absolute Gasteiger partial charge is 0.395 e. The van der Waals surface area contributed by atoms with Gasteiger partial charge in [0.2, 0.25) is 0 Å². The molecule has 8 heteroatoms. The smallest absolute Gasteiger partial charge is 0.264 e. The predicted molar refractivity (Wildman–Crippen MR) is 54.2 cm³/mol. The zero-order valence-electron chi connectivity index (χ0n) is 8.70. The lowest BCUT2D eigenvalue weighted by Crippen LogP contribution is -2.25. The van der Waals surface area contributed by atoms with Crippen molar-refractivity contribution in [2.75, 3.05) is 32.1 Å². The summed E-state index contributed by atoms with van der Waals surface area (Å²) in [5, 5.41) is 25.8. The fourth-order valence-corrected chi connectivity index (χ4v) is 1.12. The van der Waals surface area contributed by atoms with Crippen LogP contribution in [0.25, 0.3) is 0 Å². The highest BCUT2D eigenvalue weighted by Gasteiger charge is 1.98. The SMILES string of the molecule is CCCS(=O)(=O)O.OCCN(O)CCO. The molecule has 0 aliphatic heterocycles. The third-order valence-corrected chi connectivity index (χ3v) is 2.10. The summed E-state index contributed by atoms with van der Waals surface area (Å²) in [6, 6.07) is 0. The number of rotatable bonds is 6. The first kappa shape index (κ1) is 17.2. The Bertz CT molecular complexity index is 212. The Morgan fingerprint density at radius 1 is 1.13 bits per heavy atom. The van der Waals surface area contributed by atoms with Crippen molar-refractivity contribution in [3.05, 3.63) is 0 Å². The van der Waals surface area contributed by atoms with Crippen LogP contribution in [0.15, 0.2) is 0 Å². The van der Waals surface area contributed by atoms with Crippen LogP contribution in [0, 0.1) is 0 Å². The number of hydroxylamine groups is 2. The van der Waals surface area contributed by atoms with E-state index in [1.54, 1.807) is 6.92 Å². The number of aliphatic hydroxyl groups excluding tert-OH is 2. The van der Waals surface area contributed by atoms with Crippen LogP contribution < -0.4 is 0 Å². The molecule has 0 aromatic heterocycles. The third kappa shape index (κ3) is 20.0. The minimum Gasteiger partial charge on any atom is -0.395 e. The van der Waals surface area contributed by atoms with Crippen molar-refractivity contribution in [2.24, 2.45) is 0 Å². The Balaban J connectivity index is 0. The summed E-state index contributed by atoms with van der Waals surface area (Å²) < 4.78 is 27.6. The van der Waals surface area contributed by atoms with E-state index in [1.807, 2.05) is 0 Å². The average Bonchev–Trinajstić information content (AvgIpc) is 2.03. The second-order valence-electron chi connectivity index (χ2n) is 2.69. The molecule has 0 atom stereocenters. The Hall–Kier alpha value is -0.250. The van der Waals surface area contributed by atoms with Gasteiger partial charge in [0, 0.05) is 13.1 Å². The normalized spacial score (nSPS) is 11.1. The summed E-state index contributed by atoms with van der Waals surface area (Å²) in [5.41, 5.74) is 0. The van der Waals surface area contributed by atoms with Gasteiger partial charge in [0.1, 0.15) is 0 Å². The van der Waals surface area contributed by atoms with E-state index in [4.69, 9.17) is 20.0 Å². The predicted octanol–water partition coefficient (Wildman–Crippen LogP) is -1.05. The molecular formula is C7H19NO6S. The van der Waals surface area contributed by atoms with Crippen LogP contribution in [-0.2, 0) is 10.1 Å². The maximum atomic E-state index is 9.79. The van der Waals surface area contributed by atoms with E-state index in [0.29, 0.717) is 6.42 Å². The lowest BCUT2D eigenvalue weighted by molar-refractivity contribution is -0.105. The van der Waals surface area contributed by atoms with Gasteiger partial charge >= 0.3 is 0 Å². The van der Waals surface area contributed by atoms with Gasteiger partial charge in [-0.3, -0.25) is 4.55 Å². The second-order valence-corrected chi connectivity index (χ2v) is 4.26. The van der Waals surface area contributed by atoms with E-state index in [2.05, 4.69) is 0 Å². The van der Waals surface area contributed by atoms with Gasteiger partial charge in [-0.15, -0.1) is 0 Å². The van der Waals surface area contributed by atoms with Crippen molar-refractivity contribution in [3.8, 4) is 0 Å². The van der Waals surface area contributed by atoms with Gasteiger partial charge in [0.05, 0.1) is 19.0 Å². The maximum Gasteiger partial charge on any atom is 0.264 e. The van der Waals surface area contributed by atoms with E-state index in [0.717, 1.165) is 5.06 Å². The molecular weight excluding hydrogens is 226 g/mol. The monoisotopic (exact) mass is 245 g/mol. The summed E-state index contributed by atoms with van der Waals surface area (Å²) in [4.78, 5) is 0. The molecule has 4 N–H and O–H groups in total. The van der Waals surface area contributed by atoms with Gasteiger partial charge < -0.3 is 15.4 Å². The van der Waals surface area contributed by atoms with Crippen molar-refractivity contribution in [1.29, 1.82) is 0 Å². The van der Waals surface area contributed by atoms with E-state index >= 15 is 0 Å². The van der Waals surface area contributed by atoms with Crippen molar-refractivity contribution in [2.45, 2.75) is 13.3 Å². The van der Waals surface area contributed by atoms with Gasteiger partial charge in [-0.05, 0) is 6.42 Å². The first-order chi connectivity index (χ1) is 6.87. The highest BCUT2D eigenvalue weighted by atomic mass is 32.2. The van der Waals surface area contributed by atoms with Crippen LogP contribution in [0.1, 0.15) is 13.3 Å². The van der Waals surface area contributed by atoms with Crippen LogP contribution in [-0.4, -0.2) is 65.5 Å². The standard InChI is InChI=1S/C4H11NO3.C3H8O3S/c6-3-1-5(8)2-4-7;1-2-3-7(4,5)6/h6-8H,1-4H2;2-3H2,1H3,(H,4,5,6). The minimum absolute atomic E-state index is 0.0868. The fraction of sp³-hybridized carbons (Fsp3) is 1.00. The lowest BCUT2D eigenvalue weighted by atomic mass is 10.6. The maximum absolute atomic E-state index is 9.79. The zero-order valence-corrected chi connectivity index (χ0v) is 9.52. The van der Waals surface area contributed by atoms with Crippen LogP contribution in [0.4, 0.5) is 0 Å². The lowest BCUT2D eigenvalue weighted by Gasteiger charge is -2.09. The molecule has 0 saturated heterocycles. The number of hydrogen-bond acceptors (Lipinski definition) is 6. The third-order valence-electron chi connectivity index (χ3n) is 1.18. The molecule has 0 fully saturated rings. The highest BCUT2D eigenvalue weighted by Crippen LogP contribution is 1.83. The molecule has 0 unspecified atom stereocenters. The van der Waals surface area contributed by atoms with Gasteiger partial charge in [0.25, 0.3) is 10.1 Å². The van der Waals surface area contributed by atoms with Crippen molar-refractivity contribution in [3.63, 3.8) is 0 Å². The summed E-state index contributed by atoms with van der Waals surface area (Å²) in [7, 11) is -3.67. The number of nitrogens with zero attached hydrogens (tertiary/aromatic N) is 1. The Labute approximate surface area is 89.7 Å². The van der Waals surface area contributed by atoms with E-state index in [-0.39, 0.29) is 32.1 Å². The van der Waals surface area contributed by atoms with Gasteiger partial charge in [-0.1, -0.05) is 6.92 Å². The molecule has 0 aromatic rings. The molecule has 0 aliphatic rings. The molecule has 0 aromatic carbocycles. The first-order valence-electron chi connectivity index (χ1n) is 4.48. The van der Waals surface area contributed by atoms with Crippen molar-refractivity contribution < 1.29 is 28.4 Å². The second kappa shape index (κ2) is 10.3. The quantitative estimate of drug-likeness (QED) is 0.348. The zero-order chi connectivity index (χ0) is 12.3. The van der Waals surface area contributed by atoms with Crippen LogP contribution >= 0.6 is 0 Å². The molecule has 15 heavy (non-hydrogen) atoms. The summed E-state index contributed by atoms with van der Waals surface area (Å²) in [6.07, 6.45) is 0.471. The molecule has 7 nitrogen and oxygen atoms in total. The van der Waals surface area contributed by atoms with Crippen LogP contribution in [0.5, 0.6) is 0 Å². The Morgan fingerprint density at radius 3 is 1.67 bits per heavy atom. The average molecular weight is 245 g/mol. The van der Waals surface area contributed by atoms with Crippen molar-refractivity contribution in [1.82, 2.24) is 5.06 Å². The molecule has 0 rings (SSSR count).